The van der Waals surface area contributed by atoms with Crippen molar-refractivity contribution in [2.45, 2.75) is 46.3 Å². The Kier molecular flexibility index (Phi) is 6.18. The third kappa shape index (κ3) is 4.46. The molecule has 1 aliphatic rings. The molecule has 0 spiro atoms. The monoisotopic (exact) mass is 443 g/mol. The molecule has 6 heteroatoms. The highest BCUT2D eigenvalue weighted by Gasteiger charge is 2.34. The highest BCUT2D eigenvalue weighted by atomic mass is 16.2. The fourth-order valence-corrected chi connectivity index (χ4v) is 4.36. The third-order valence-electron chi connectivity index (χ3n) is 5.98. The minimum Gasteiger partial charge on any atom is -0.352 e. The minimum atomic E-state index is -0.684. The van der Waals surface area contributed by atoms with E-state index in [0.717, 1.165) is 27.6 Å². The predicted molar refractivity (Wildman–Crippen MR) is 130 cm³/mol. The van der Waals surface area contributed by atoms with E-state index >= 15 is 0 Å². The van der Waals surface area contributed by atoms with Crippen molar-refractivity contribution in [1.29, 1.82) is 0 Å². The minimum absolute atomic E-state index is 0.0388. The molecule has 1 atom stereocenters. The summed E-state index contributed by atoms with van der Waals surface area (Å²) in [7, 11) is 0. The van der Waals surface area contributed by atoms with Crippen LogP contribution in [0, 0.1) is 6.92 Å². The van der Waals surface area contributed by atoms with Crippen LogP contribution in [0.25, 0.3) is 10.8 Å². The van der Waals surface area contributed by atoms with Gasteiger partial charge < -0.3 is 10.2 Å². The zero-order chi connectivity index (χ0) is 23.7. The summed E-state index contributed by atoms with van der Waals surface area (Å²) in [6.45, 7) is 7.65. The summed E-state index contributed by atoms with van der Waals surface area (Å²) in [6.07, 6.45) is 0. The van der Waals surface area contributed by atoms with Gasteiger partial charge in [0.2, 0.25) is 11.8 Å². The molecule has 1 heterocycles. The topological polar surface area (TPSA) is 69.7 Å². The fourth-order valence-electron chi connectivity index (χ4n) is 4.36. The maximum atomic E-state index is 13.6. The molecule has 0 unspecified atom stereocenters. The van der Waals surface area contributed by atoms with Crippen LogP contribution in [0.1, 0.15) is 42.3 Å². The first-order valence-electron chi connectivity index (χ1n) is 11.2. The maximum Gasteiger partial charge on any atom is 0.259 e. The van der Waals surface area contributed by atoms with Crippen molar-refractivity contribution in [3.63, 3.8) is 0 Å². The van der Waals surface area contributed by atoms with Crippen LogP contribution in [-0.4, -0.2) is 41.2 Å². The van der Waals surface area contributed by atoms with Crippen molar-refractivity contribution in [3.8, 4) is 0 Å². The molecule has 3 aromatic carbocycles. The van der Waals surface area contributed by atoms with Gasteiger partial charge in [-0.25, -0.2) is 0 Å². The number of nitrogens with zero attached hydrogens (tertiary/aromatic N) is 2. The summed E-state index contributed by atoms with van der Waals surface area (Å²) >= 11 is 0. The molecule has 1 aliphatic heterocycles. The number of hydrogen-bond donors (Lipinski definition) is 1. The van der Waals surface area contributed by atoms with E-state index in [4.69, 9.17) is 0 Å². The van der Waals surface area contributed by atoms with E-state index in [1.807, 2.05) is 75.4 Å². The fraction of sp³-hybridized carbons (Fsp3) is 0.296. The number of amides is 3. The van der Waals surface area contributed by atoms with Crippen molar-refractivity contribution >= 4 is 34.2 Å². The number of aryl methyl sites for hydroxylation is 1. The van der Waals surface area contributed by atoms with Gasteiger partial charge in [-0.1, -0.05) is 54.1 Å². The van der Waals surface area contributed by atoms with Gasteiger partial charge in [0.25, 0.3) is 5.91 Å². The van der Waals surface area contributed by atoms with Crippen LogP contribution in [0.5, 0.6) is 0 Å². The lowest BCUT2D eigenvalue weighted by Gasteiger charge is -2.31. The Morgan fingerprint density at radius 1 is 1.00 bits per heavy atom. The van der Waals surface area contributed by atoms with Gasteiger partial charge in [-0.15, -0.1) is 0 Å². The average molecular weight is 444 g/mol. The highest BCUT2D eigenvalue weighted by molar-refractivity contribution is 6.26. The Labute approximate surface area is 194 Å². The first-order valence-corrected chi connectivity index (χ1v) is 11.2. The van der Waals surface area contributed by atoms with E-state index in [-0.39, 0.29) is 36.9 Å². The number of nitrogens with one attached hydrogen (secondary N) is 1. The molecular weight excluding hydrogens is 414 g/mol. The molecule has 0 aliphatic carbocycles. The molecule has 170 valence electrons. The van der Waals surface area contributed by atoms with Gasteiger partial charge in [-0.3, -0.25) is 19.3 Å². The van der Waals surface area contributed by atoms with Gasteiger partial charge in [0.1, 0.15) is 12.6 Å². The second-order valence-corrected chi connectivity index (χ2v) is 8.92. The molecule has 3 aromatic rings. The van der Waals surface area contributed by atoms with Crippen LogP contribution >= 0.6 is 0 Å². The van der Waals surface area contributed by atoms with Crippen LogP contribution in [0.2, 0.25) is 0 Å². The number of carbonyl (C=O) groups excluding carboxylic acids is 3. The van der Waals surface area contributed by atoms with Crippen LogP contribution < -0.4 is 10.2 Å². The van der Waals surface area contributed by atoms with Gasteiger partial charge in [0.05, 0.1) is 5.69 Å². The Morgan fingerprint density at radius 2 is 1.70 bits per heavy atom. The molecule has 1 N–H and O–H groups in total. The second-order valence-electron chi connectivity index (χ2n) is 8.92. The maximum absolute atomic E-state index is 13.6. The van der Waals surface area contributed by atoms with Crippen LogP contribution in [0.4, 0.5) is 5.69 Å². The van der Waals surface area contributed by atoms with E-state index in [2.05, 4.69) is 5.32 Å². The van der Waals surface area contributed by atoms with Gasteiger partial charge in [-0.2, -0.15) is 0 Å². The van der Waals surface area contributed by atoms with Crippen LogP contribution in [0.15, 0.2) is 60.7 Å². The van der Waals surface area contributed by atoms with Gasteiger partial charge in [-0.05, 0) is 50.8 Å². The molecule has 0 fully saturated rings. The van der Waals surface area contributed by atoms with E-state index in [1.165, 1.54) is 4.90 Å². The number of benzene rings is 3. The average Bonchev–Trinajstić information content (AvgIpc) is 3.04. The largest absolute Gasteiger partial charge is 0.352 e. The van der Waals surface area contributed by atoms with E-state index < -0.39 is 6.04 Å². The van der Waals surface area contributed by atoms with E-state index in [0.29, 0.717) is 5.56 Å². The van der Waals surface area contributed by atoms with E-state index in [1.54, 1.807) is 17.9 Å². The lowest BCUT2D eigenvalue weighted by molar-refractivity contribution is -0.139. The number of rotatable bonds is 7. The van der Waals surface area contributed by atoms with Crippen molar-refractivity contribution < 1.29 is 14.4 Å². The Bertz CT molecular complexity index is 1230. The first-order chi connectivity index (χ1) is 15.8. The zero-order valence-corrected chi connectivity index (χ0v) is 19.5. The number of anilines is 1. The van der Waals surface area contributed by atoms with Crippen molar-refractivity contribution in [3.05, 3.63) is 77.4 Å². The summed E-state index contributed by atoms with van der Waals surface area (Å²) in [5.41, 5.74) is 3.35. The normalized spacial score (nSPS) is 13.5. The van der Waals surface area contributed by atoms with Crippen LogP contribution in [-0.2, 0) is 16.1 Å². The Balaban J connectivity index is 1.63. The molecule has 4 rings (SSSR count). The highest BCUT2D eigenvalue weighted by Crippen LogP contribution is 2.37. The van der Waals surface area contributed by atoms with Crippen molar-refractivity contribution in [2.75, 3.05) is 11.4 Å². The summed E-state index contributed by atoms with van der Waals surface area (Å²) in [4.78, 5) is 42.6. The lowest BCUT2D eigenvalue weighted by Crippen LogP contribution is -2.51. The summed E-state index contributed by atoms with van der Waals surface area (Å²) in [5, 5.41) is 4.73. The Morgan fingerprint density at radius 3 is 2.39 bits per heavy atom. The molecule has 0 aromatic heterocycles. The van der Waals surface area contributed by atoms with Gasteiger partial charge >= 0.3 is 0 Å². The molecule has 0 saturated carbocycles. The Hall–Kier alpha value is -3.67. The standard InChI is InChI=1S/C27H29N3O3/c1-17(2)28-26(32)19(4)29(15-20-9-5-8-18(3)14-20)24(31)16-30-23-13-7-11-21-10-6-12-22(25(21)23)27(30)33/h5-14,17,19H,15-16H2,1-4H3,(H,28,32)/t19-/m0/s1. The molecule has 6 nitrogen and oxygen atoms in total. The van der Waals surface area contributed by atoms with Crippen molar-refractivity contribution in [1.82, 2.24) is 10.2 Å². The van der Waals surface area contributed by atoms with Gasteiger partial charge in [0.15, 0.2) is 0 Å². The molecule has 0 saturated heterocycles. The first kappa shape index (κ1) is 22.5. The molecule has 3 amide bonds. The third-order valence-corrected chi connectivity index (χ3v) is 5.98. The molecule has 33 heavy (non-hydrogen) atoms. The molecule has 0 bridgehead atoms. The van der Waals surface area contributed by atoms with Crippen molar-refractivity contribution in [2.24, 2.45) is 0 Å². The molecule has 0 radical (unpaired) electrons. The number of carbonyl (C=O) groups is 3. The summed E-state index contributed by atoms with van der Waals surface area (Å²) in [6, 6.07) is 18.5. The van der Waals surface area contributed by atoms with Crippen LogP contribution in [0.3, 0.4) is 0 Å². The number of hydrogen-bond acceptors (Lipinski definition) is 3. The second kappa shape index (κ2) is 9.06. The predicted octanol–water partition coefficient (Wildman–Crippen LogP) is 4.05. The SMILES string of the molecule is Cc1cccc(CN(C(=O)CN2C(=O)c3cccc4cccc2c34)[C@@H](C)C(=O)NC(C)C)c1. The smallest absolute Gasteiger partial charge is 0.259 e. The summed E-state index contributed by atoms with van der Waals surface area (Å²) in [5.74, 6) is -0.685. The van der Waals surface area contributed by atoms with Gasteiger partial charge in [0, 0.05) is 23.5 Å². The quantitative estimate of drug-likeness (QED) is 0.599. The lowest BCUT2D eigenvalue weighted by atomic mass is 10.1. The molecular formula is C27H29N3O3. The zero-order valence-electron chi connectivity index (χ0n) is 19.5. The summed E-state index contributed by atoms with van der Waals surface area (Å²) < 4.78 is 0. The van der Waals surface area contributed by atoms with E-state index in [9.17, 15) is 14.4 Å².